The number of hydrogen-bond acceptors (Lipinski definition) is 7. The summed E-state index contributed by atoms with van der Waals surface area (Å²) in [5, 5.41) is 0.545. The molecule has 4 rings (SSSR count). The maximum atomic E-state index is 14.2. The van der Waals surface area contributed by atoms with Gasteiger partial charge in [0, 0.05) is 5.02 Å². The van der Waals surface area contributed by atoms with E-state index in [1.165, 1.54) is 50.4 Å². The minimum atomic E-state index is -5.00. The standard InChI is InChI=1S/C26H21Cl2F3N2O5S/c1-4-37-21-16(28)10-13(11-17(21)36-3)12-18-23(34)33-20(14-6-8-15(27)9-7-14)19(24(35)38-5-2)22(26(29,30)31)32-25(33)39-18/h6-12,20H,4-5H2,1-3H3/b18-12-/t20-/m0/s1. The predicted octanol–water partition coefficient (Wildman–Crippen LogP) is 5.05. The Morgan fingerprint density at radius 2 is 1.85 bits per heavy atom. The van der Waals surface area contributed by atoms with Crippen molar-refractivity contribution in [2.24, 2.45) is 4.99 Å². The summed E-state index contributed by atoms with van der Waals surface area (Å²) in [5.74, 6) is -0.603. The number of thiazole rings is 1. The van der Waals surface area contributed by atoms with E-state index in [2.05, 4.69) is 4.99 Å². The van der Waals surface area contributed by atoms with Gasteiger partial charge in [-0.1, -0.05) is 46.7 Å². The van der Waals surface area contributed by atoms with E-state index in [4.69, 9.17) is 37.4 Å². The molecular formula is C26H21Cl2F3N2O5S. The molecule has 0 amide bonds. The second kappa shape index (κ2) is 11.4. The lowest BCUT2D eigenvalue weighted by Crippen LogP contribution is -2.41. The summed E-state index contributed by atoms with van der Waals surface area (Å²) in [6.07, 6.45) is -3.55. The molecule has 0 spiro atoms. The summed E-state index contributed by atoms with van der Waals surface area (Å²) < 4.78 is 59.6. The fraction of sp³-hybridized carbons (Fsp3) is 0.269. The summed E-state index contributed by atoms with van der Waals surface area (Å²) in [6, 6.07) is 7.45. The van der Waals surface area contributed by atoms with Crippen LogP contribution in [0.2, 0.25) is 10.0 Å². The SMILES string of the molecule is CCOC(=O)C1=C(C(F)(F)F)N=c2s/c(=C\c3cc(Cl)c(OCC)c(OC)c3)c(=O)n2[C@H]1c1ccc(Cl)cc1. The number of allylic oxidation sites excluding steroid dienone is 1. The molecule has 39 heavy (non-hydrogen) atoms. The number of hydrogen-bond donors (Lipinski definition) is 0. The van der Waals surface area contributed by atoms with Crippen LogP contribution in [0.5, 0.6) is 11.5 Å². The quantitative estimate of drug-likeness (QED) is 0.354. The van der Waals surface area contributed by atoms with Crippen molar-refractivity contribution in [3.8, 4) is 11.5 Å². The molecule has 0 fully saturated rings. The van der Waals surface area contributed by atoms with Crippen molar-refractivity contribution in [3.05, 3.63) is 88.5 Å². The molecule has 206 valence electrons. The molecule has 0 bridgehead atoms. The first-order valence-corrected chi connectivity index (χ1v) is 13.1. The van der Waals surface area contributed by atoms with Gasteiger partial charge in [-0.3, -0.25) is 9.36 Å². The molecule has 3 aromatic rings. The minimum Gasteiger partial charge on any atom is -0.493 e. The second-order valence-corrected chi connectivity index (χ2v) is 9.93. The zero-order valence-corrected chi connectivity index (χ0v) is 23.1. The van der Waals surface area contributed by atoms with E-state index in [9.17, 15) is 22.8 Å². The average molecular weight is 601 g/mol. The predicted molar refractivity (Wildman–Crippen MR) is 141 cm³/mol. The Labute approximate surface area is 234 Å². The Morgan fingerprint density at radius 3 is 2.44 bits per heavy atom. The monoisotopic (exact) mass is 600 g/mol. The van der Waals surface area contributed by atoms with Crippen LogP contribution in [0.15, 0.2) is 57.5 Å². The number of fused-ring (bicyclic) bond motifs is 1. The third-order valence-electron chi connectivity index (χ3n) is 5.62. The van der Waals surface area contributed by atoms with E-state index in [1.807, 2.05) is 0 Å². The first-order valence-electron chi connectivity index (χ1n) is 11.6. The van der Waals surface area contributed by atoms with E-state index in [-0.39, 0.29) is 26.5 Å². The van der Waals surface area contributed by atoms with Gasteiger partial charge in [0.05, 0.1) is 41.5 Å². The van der Waals surface area contributed by atoms with E-state index in [0.29, 0.717) is 28.7 Å². The van der Waals surface area contributed by atoms with Crippen molar-refractivity contribution in [1.29, 1.82) is 0 Å². The number of carbonyl (C=O) groups excluding carboxylic acids is 1. The Bertz CT molecular complexity index is 1630. The molecule has 1 aromatic heterocycles. The van der Waals surface area contributed by atoms with E-state index in [0.717, 1.165) is 15.9 Å². The molecule has 0 saturated heterocycles. The number of ether oxygens (including phenoxy) is 3. The average Bonchev–Trinajstić information content (AvgIpc) is 3.19. The van der Waals surface area contributed by atoms with Crippen LogP contribution < -0.4 is 24.4 Å². The van der Waals surface area contributed by atoms with Gasteiger partial charge >= 0.3 is 12.1 Å². The number of benzene rings is 2. The van der Waals surface area contributed by atoms with Crippen LogP contribution in [0.4, 0.5) is 13.2 Å². The third kappa shape index (κ3) is 5.70. The molecule has 0 N–H and O–H groups in total. The van der Waals surface area contributed by atoms with Gasteiger partial charge < -0.3 is 14.2 Å². The largest absolute Gasteiger partial charge is 0.493 e. The highest BCUT2D eigenvalue weighted by molar-refractivity contribution is 7.07. The van der Waals surface area contributed by atoms with E-state index in [1.54, 1.807) is 13.0 Å². The lowest BCUT2D eigenvalue weighted by molar-refractivity contribution is -0.140. The summed E-state index contributed by atoms with van der Waals surface area (Å²) in [7, 11) is 1.42. The summed E-state index contributed by atoms with van der Waals surface area (Å²) in [5.41, 5.74) is -2.23. The summed E-state index contributed by atoms with van der Waals surface area (Å²) in [4.78, 5) is 30.0. The van der Waals surface area contributed by atoms with Crippen molar-refractivity contribution >= 4 is 46.6 Å². The van der Waals surface area contributed by atoms with Crippen molar-refractivity contribution < 1.29 is 32.2 Å². The number of aromatic nitrogens is 1. The number of alkyl halides is 3. The molecule has 13 heteroatoms. The van der Waals surface area contributed by atoms with Gasteiger partial charge in [-0.2, -0.15) is 13.2 Å². The molecule has 0 saturated carbocycles. The normalized spacial score (nSPS) is 15.6. The molecular weight excluding hydrogens is 580 g/mol. The molecule has 1 aliphatic rings. The van der Waals surface area contributed by atoms with E-state index < -0.39 is 35.0 Å². The number of halogens is 5. The number of rotatable bonds is 7. The Hall–Kier alpha value is -3.28. The molecule has 1 aliphatic heterocycles. The van der Waals surface area contributed by atoms with Crippen LogP contribution in [0.25, 0.3) is 6.08 Å². The van der Waals surface area contributed by atoms with Crippen molar-refractivity contribution in [1.82, 2.24) is 4.57 Å². The lowest BCUT2D eigenvalue weighted by atomic mass is 9.95. The molecule has 0 aliphatic carbocycles. The summed E-state index contributed by atoms with van der Waals surface area (Å²) in [6.45, 7) is 3.41. The highest BCUT2D eigenvalue weighted by Gasteiger charge is 2.45. The molecule has 0 unspecified atom stereocenters. The fourth-order valence-electron chi connectivity index (χ4n) is 4.06. The van der Waals surface area contributed by atoms with Crippen LogP contribution in [-0.2, 0) is 9.53 Å². The topological polar surface area (TPSA) is 79.1 Å². The van der Waals surface area contributed by atoms with Crippen LogP contribution >= 0.6 is 34.5 Å². The number of methoxy groups -OCH3 is 1. The lowest BCUT2D eigenvalue weighted by Gasteiger charge is -2.26. The van der Waals surface area contributed by atoms with E-state index >= 15 is 0 Å². The van der Waals surface area contributed by atoms with Gasteiger partial charge in [-0.15, -0.1) is 0 Å². The number of esters is 1. The Kier molecular flexibility index (Phi) is 8.43. The maximum absolute atomic E-state index is 14.2. The van der Waals surface area contributed by atoms with Gasteiger partial charge in [0.1, 0.15) is 0 Å². The zero-order chi connectivity index (χ0) is 28.5. The van der Waals surface area contributed by atoms with Gasteiger partial charge in [-0.05, 0) is 55.3 Å². The molecule has 7 nitrogen and oxygen atoms in total. The zero-order valence-electron chi connectivity index (χ0n) is 20.8. The van der Waals surface area contributed by atoms with Crippen LogP contribution in [0, 0.1) is 0 Å². The highest BCUT2D eigenvalue weighted by atomic mass is 35.5. The molecule has 2 aromatic carbocycles. The first kappa shape index (κ1) is 28.7. The van der Waals surface area contributed by atoms with Gasteiger partial charge in [-0.25, -0.2) is 9.79 Å². The summed E-state index contributed by atoms with van der Waals surface area (Å²) >= 11 is 13.1. The van der Waals surface area contributed by atoms with Gasteiger partial charge in [0.25, 0.3) is 5.56 Å². The smallest absolute Gasteiger partial charge is 0.434 e. The van der Waals surface area contributed by atoms with Gasteiger partial charge in [0.15, 0.2) is 22.0 Å². The molecule has 1 atom stereocenters. The molecule has 2 heterocycles. The number of nitrogens with zero attached hydrogens (tertiary/aromatic N) is 2. The van der Waals surface area contributed by atoms with Crippen LogP contribution in [0.3, 0.4) is 0 Å². The third-order valence-corrected chi connectivity index (χ3v) is 7.13. The van der Waals surface area contributed by atoms with Crippen LogP contribution in [0.1, 0.15) is 31.0 Å². The minimum absolute atomic E-state index is 0.0571. The van der Waals surface area contributed by atoms with Gasteiger partial charge in [0.2, 0.25) is 0 Å². The Balaban J connectivity index is 2.01. The highest BCUT2D eigenvalue weighted by Crippen LogP contribution is 2.39. The maximum Gasteiger partial charge on any atom is 0.434 e. The van der Waals surface area contributed by atoms with Crippen molar-refractivity contribution in [2.45, 2.75) is 26.1 Å². The van der Waals surface area contributed by atoms with Crippen molar-refractivity contribution in [2.75, 3.05) is 20.3 Å². The number of carbonyl (C=O) groups is 1. The fourth-order valence-corrected chi connectivity index (χ4v) is 5.46. The van der Waals surface area contributed by atoms with Crippen LogP contribution in [-0.4, -0.2) is 37.0 Å². The van der Waals surface area contributed by atoms with Crippen molar-refractivity contribution in [3.63, 3.8) is 0 Å². The molecule has 0 radical (unpaired) electrons. The Morgan fingerprint density at radius 1 is 1.15 bits per heavy atom. The first-order chi connectivity index (χ1) is 18.5. The second-order valence-electron chi connectivity index (χ2n) is 8.08.